The quantitative estimate of drug-likeness (QED) is 0.282. The van der Waals surface area contributed by atoms with E-state index in [9.17, 15) is 22.4 Å². The summed E-state index contributed by atoms with van der Waals surface area (Å²) in [6.07, 6.45) is 2.88. The largest absolute Gasteiger partial charge is 0.416 e. The van der Waals surface area contributed by atoms with Crippen molar-refractivity contribution in [2.45, 2.75) is 51.2 Å². The number of likely N-dealkylation sites (tertiary alicyclic amines) is 1. The van der Waals surface area contributed by atoms with Crippen molar-refractivity contribution in [1.29, 1.82) is 0 Å². The van der Waals surface area contributed by atoms with Crippen molar-refractivity contribution in [1.82, 2.24) is 14.5 Å². The highest BCUT2D eigenvalue weighted by Crippen LogP contribution is 2.31. The van der Waals surface area contributed by atoms with Gasteiger partial charge in [0, 0.05) is 49.6 Å². The summed E-state index contributed by atoms with van der Waals surface area (Å²) in [5.74, 6) is 0.505. The van der Waals surface area contributed by atoms with E-state index in [0.717, 1.165) is 43.4 Å². The van der Waals surface area contributed by atoms with Gasteiger partial charge in [0.25, 0.3) is 0 Å². The number of nitrogens with zero attached hydrogens (tertiary/aromatic N) is 3. The van der Waals surface area contributed by atoms with E-state index in [1.165, 1.54) is 11.1 Å². The molecule has 1 saturated heterocycles. The van der Waals surface area contributed by atoms with Gasteiger partial charge in [-0.1, -0.05) is 38.1 Å². The van der Waals surface area contributed by atoms with Crippen LogP contribution in [0.5, 0.6) is 0 Å². The van der Waals surface area contributed by atoms with Gasteiger partial charge in [-0.05, 0) is 54.2 Å². The summed E-state index contributed by atoms with van der Waals surface area (Å²) in [7, 11) is 0. The van der Waals surface area contributed by atoms with Crippen molar-refractivity contribution < 1.29 is 22.4 Å². The van der Waals surface area contributed by atoms with Gasteiger partial charge < -0.3 is 9.47 Å². The molecule has 0 bridgehead atoms. The second-order valence-corrected chi connectivity index (χ2v) is 9.48. The third kappa shape index (κ3) is 6.04. The lowest BCUT2D eigenvalue weighted by Gasteiger charge is -2.31. The molecular weight excluding hydrogens is 470 g/mol. The van der Waals surface area contributed by atoms with Gasteiger partial charge in [-0.2, -0.15) is 13.2 Å². The molecule has 1 aromatic heterocycles. The van der Waals surface area contributed by atoms with Crippen molar-refractivity contribution in [3.8, 4) is 0 Å². The first-order valence-corrected chi connectivity index (χ1v) is 12.1. The minimum Gasteiger partial charge on any atom is -0.339 e. The van der Waals surface area contributed by atoms with E-state index in [4.69, 9.17) is 0 Å². The average Bonchev–Trinajstić information content (AvgIpc) is 3.31. The van der Waals surface area contributed by atoms with Crippen LogP contribution in [-0.2, 0) is 17.5 Å². The zero-order chi connectivity index (χ0) is 25.9. The highest BCUT2D eigenvalue weighted by Gasteiger charge is 2.31. The molecular formula is C28H29F4N3O. The number of alkyl halides is 3. The summed E-state index contributed by atoms with van der Waals surface area (Å²) < 4.78 is 54.8. The lowest BCUT2D eigenvalue weighted by molar-refractivity contribution is -0.137. The molecule has 1 aliphatic rings. The molecule has 0 spiro atoms. The Morgan fingerprint density at radius 2 is 1.81 bits per heavy atom. The van der Waals surface area contributed by atoms with Crippen molar-refractivity contribution in [2.75, 3.05) is 13.1 Å². The van der Waals surface area contributed by atoms with E-state index in [-0.39, 0.29) is 17.4 Å². The first-order valence-electron chi connectivity index (χ1n) is 12.1. The number of halogens is 4. The fraction of sp³-hybridized carbons (Fsp3) is 0.357. The van der Waals surface area contributed by atoms with Crippen LogP contribution in [0.15, 0.2) is 60.9 Å². The van der Waals surface area contributed by atoms with Gasteiger partial charge >= 0.3 is 6.18 Å². The van der Waals surface area contributed by atoms with Gasteiger partial charge in [-0.3, -0.25) is 4.79 Å². The smallest absolute Gasteiger partial charge is 0.339 e. The topological polar surface area (TPSA) is 38.1 Å². The molecule has 0 atom stereocenters. The second kappa shape index (κ2) is 10.7. The van der Waals surface area contributed by atoms with Gasteiger partial charge in [0.05, 0.1) is 5.56 Å². The Bertz CT molecular complexity index is 1220. The molecule has 36 heavy (non-hydrogen) atoms. The molecule has 2 heterocycles. The van der Waals surface area contributed by atoms with Crippen LogP contribution < -0.4 is 0 Å². The number of benzene rings is 2. The molecule has 4 nitrogen and oxygen atoms in total. The Labute approximate surface area is 208 Å². The molecule has 2 aromatic carbocycles. The van der Waals surface area contributed by atoms with Crippen molar-refractivity contribution in [3.05, 3.63) is 94.8 Å². The maximum atomic E-state index is 14.0. The summed E-state index contributed by atoms with van der Waals surface area (Å²) in [6, 6.07) is 10.7. The number of carbonyl (C=O) groups is 1. The molecule has 4 rings (SSSR count). The molecule has 190 valence electrons. The summed E-state index contributed by atoms with van der Waals surface area (Å²) >= 11 is 0. The van der Waals surface area contributed by atoms with Gasteiger partial charge in [0.1, 0.15) is 11.6 Å². The van der Waals surface area contributed by atoms with Gasteiger partial charge in [-0.15, -0.1) is 0 Å². The van der Waals surface area contributed by atoms with Crippen LogP contribution in [0.1, 0.15) is 66.6 Å². The van der Waals surface area contributed by atoms with E-state index in [1.54, 1.807) is 11.1 Å². The fourth-order valence-electron chi connectivity index (χ4n) is 4.49. The lowest BCUT2D eigenvalue weighted by atomic mass is 9.95. The number of carbonyl (C=O) groups excluding carboxylic acids is 1. The number of aromatic nitrogens is 2. The molecule has 0 saturated carbocycles. The maximum Gasteiger partial charge on any atom is 0.416 e. The van der Waals surface area contributed by atoms with E-state index in [0.29, 0.717) is 31.1 Å². The molecule has 1 fully saturated rings. The average molecular weight is 500 g/mol. The maximum absolute atomic E-state index is 14.0. The molecule has 0 N–H and O–H groups in total. The molecule has 3 aromatic rings. The first-order chi connectivity index (χ1) is 17.1. The van der Waals surface area contributed by atoms with Crippen LogP contribution in [0.2, 0.25) is 0 Å². The van der Waals surface area contributed by atoms with E-state index in [1.807, 2.05) is 6.20 Å². The predicted octanol–water partition coefficient (Wildman–Crippen LogP) is 6.63. The molecule has 0 radical (unpaired) electrons. The molecule has 1 aliphatic heterocycles. The Morgan fingerprint density at radius 3 is 2.44 bits per heavy atom. The Balaban J connectivity index is 1.36. The lowest BCUT2D eigenvalue weighted by Crippen LogP contribution is -2.37. The molecule has 8 heteroatoms. The summed E-state index contributed by atoms with van der Waals surface area (Å²) in [6.45, 7) is 6.04. The second-order valence-electron chi connectivity index (χ2n) is 9.48. The van der Waals surface area contributed by atoms with Gasteiger partial charge in [0.2, 0.25) is 5.91 Å². The zero-order valence-electron chi connectivity index (χ0n) is 20.3. The molecule has 0 unspecified atom stereocenters. The normalized spacial score (nSPS) is 15.2. The number of piperidine rings is 1. The Morgan fingerprint density at radius 1 is 1.11 bits per heavy atom. The number of amides is 1. The minimum absolute atomic E-state index is 0.198. The standard InChI is InChI=1S/C28H29F4N3O/c1-19(2)21-5-3-20(4-6-21)18-35-16-13-33-27(35)22-11-14-34(15-12-22)26(36)10-7-23-17-24(28(30,31)32)8-9-25(23)29/h3-10,13,16-17,19,22H,11-12,14-15,18H2,1-2H3. The number of hydrogen-bond donors (Lipinski definition) is 0. The summed E-state index contributed by atoms with van der Waals surface area (Å²) in [4.78, 5) is 18.8. The monoisotopic (exact) mass is 499 g/mol. The number of imidazole rings is 1. The third-order valence-electron chi connectivity index (χ3n) is 6.65. The van der Waals surface area contributed by atoms with Crippen LogP contribution in [-0.4, -0.2) is 33.4 Å². The summed E-state index contributed by atoms with van der Waals surface area (Å²) in [5, 5.41) is 0. The van der Waals surface area contributed by atoms with Gasteiger partial charge in [0.15, 0.2) is 0 Å². The molecule has 1 amide bonds. The predicted molar refractivity (Wildman–Crippen MR) is 131 cm³/mol. The van der Waals surface area contributed by atoms with E-state index in [2.05, 4.69) is 47.7 Å². The Hall–Kier alpha value is -3.42. The fourth-order valence-corrected chi connectivity index (χ4v) is 4.49. The zero-order valence-corrected chi connectivity index (χ0v) is 20.3. The van der Waals surface area contributed by atoms with Gasteiger partial charge in [-0.25, -0.2) is 9.37 Å². The van der Waals surface area contributed by atoms with Crippen LogP contribution in [0.3, 0.4) is 0 Å². The SMILES string of the molecule is CC(C)c1ccc(Cn2ccnc2C2CCN(C(=O)C=Cc3cc(C(F)(F)F)ccc3F)CC2)cc1. The number of hydrogen-bond acceptors (Lipinski definition) is 2. The van der Waals surface area contributed by atoms with Crippen LogP contribution in [0.25, 0.3) is 6.08 Å². The van der Waals surface area contributed by atoms with Crippen molar-refractivity contribution in [2.24, 2.45) is 0 Å². The Kier molecular flexibility index (Phi) is 7.62. The van der Waals surface area contributed by atoms with E-state index >= 15 is 0 Å². The molecule has 0 aliphatic carbocycles. The highest BCUT2D eigenvalue weighted by molar-refractivity contribution is 5.91. The van der Waals surface area contributed by atoms with Crippen LogP contribution in [0, 0.1) is 5.82 Å². The van der Waals surface area contributed by atoms with E-state index < -0.39 is 17.6 Å². The van der Waals surface area contributed by atoms with Crippen molar-refractivity contribution in [3.63, 3.8) is 0 Å². The van der Waals surface area contributed by atoms with Crippen molar-refractivity contribution >= 4 is 12.0 Å². The van der Waals surface area contributed by atoms with Crippen LogP contribution >= 0.6 is 0 Å². The minimum atomic E-state index is -4.58. The number of rotatable bonds is 6. The highest BCUT2D eigenvalue weighted by atomic mass is 19.4. The first kappa shape index (κ1) is 25.7. The third-order valence-corrected chi connectivity index (χ3v) is 6.65. The van der Waals surface area contributed by atoms with Crippen LogP contribution in [0.4, 0.5) is 17.6 Å². The summed E-state index contributed by atoms with van der Waals surface area (Å²) in [5.41, 5.74) is 1.27.